The number of hydrogen-bond acceptors (Lipinski definition) is 2. The van der Waals surface area contributed by atoms with Crippen LogP contribution in [0.15, 0.2) is 54.6 Å². The van der Waals surface area contributed by atoms with E-state index in [2.05, 4.69) is 31.2 Å². The lowest BCUT2D eigenvalue weighted by Gasteiger charge is -2.13. The first kappa shape index (κ1) is 13.6. The highest BCUT2D eigenvalue weighted by Crippen LogP contribution is 2.10. The predicted molar refractivity (Wildman–Crippen MR) is 79.4 cm³/mol. The highest BCUT2D eigenvalue weighted by Gasteiger charge is 2.04. The van der Waals surface area contributed by atoms with Crippen molar-refractivity contribution in [2.75, 3.05) is 6.61 Å². The van der Waals surface area contributed by atoms with E-state index in [0.717, 1.165) is 18.6 Å². The molecule has 0 fully saturated rings. The van der Waals surface area contributed by atoms with Gasteiger partial charge in [-0.15, -0.1) is 0 Å². The third-order valence-electron chi connectivity index (χ3n) is 3.08. The summed E-state index contributed by atoms with van der Waals surface area (Å²) in [6, 6.07) is 18.5. The number of benzene rings is 2. The van der Waals surface area contributed by atoms with Gasteiger partial charge in [0.15, 0.2) is 0 Å². The zero-order valence-corrected chi connectivity index (χ0v) is 11.4. The molecule has 2 nitrogen and oxygen atoms in total. The Morgan fingerprint density at radius 3 is 2.58 bits per heavy atom. The first-order valence-electron chi connectivity index (χ1n) is 6.73. The minimum Gasteiger partial charge on any atom is -0.494 e. The smallest absolute Gasteiger partial charge is 0.119 e. The lowest BCUT2D eigenvalue weighted by Crippen LogP contribution is -2.25. The zero-order valence-electron chi connectivity index (χ0n) is 11.4. The van der Waals surface area contributed by atoms with Gasteiger partial charge in [-0.3, -0.25) is 0 Å². The lowest BCUT2D eigenvalue weighted by atomic mass is 10.0. The van der Waals surface area contributed by atoms with Crippen LogP contribution in [-0.2, 0) is 6.42 Å². The van der Waals surface area contributed by atoms with Crippen molar-refractivity contribution >= 4 is 0 Å². The molecule has 0 aliphatic heterocycles. The third kappa shape index (κ3) is 4.76. The molecule has 2 heteroatoms. The summed E-state index contributed by atoms with van der Waals surface area (Å²) < 4.78 is 5.66. The average molecular weight is 255 g/mol. The topological polar surface area (TPSA) is 35.2 Å². The Morgan fingerprint density at radius 1 is 1.05 bits per heavy atom. The van der Waals surface area contributed by atoms with Gasteiger partial charge in [0, 0.05) is 6.04 Å². The van der Waals surface area contributed by atoms with Gasteiger partial charge in [-0.05, 0) is 37.5 Å². The van der Waals surface area contributed by atoms with Gasteiger partial charge in [0.25, 0.3) is 0 Å². The Labute approximate surface area is 115 Å². The molecule has 1 atom stereocenters. The molecule has 0 saturated heterocycles. The van der Waals surface area contributed by atoms with Crippen molar-refractivity contribution < 1.29 is 4.74 Å². The number of hydrogen-bond donors (Lipinski definition) is 1. The van der Waals surface area contributed by atoms with Gasteiger partial charge in [0.05, 0.1) is 6.61 Å². The van der Waals surface area contributed by atoms with Crippen LogP contribution in [0.4, 0.5) is 0 Å². The van der Waals surface area contributed by atoms with Crippen molar-refractivity contribution in [2.45, 2.75) is 25.8 Å². The summed E-state index contributed by atoms with van der Waals surface area (Å²) in [6.45, 7) is 2.77. The third-order valence-corrected chi connectivity index (χ3v) is 3.08. The molecule has 0 heterocycles. The second-order valence-corrected chi connectivity index (χ2v) is 4.90. The second-order valence-electron chi connectivity index (χ2n) is 4.90. The molecule has 0 bridgehead atoms. The highest BCUT2D eigenvalue weighted by atomic mass is 16.5. The Balaban J connectivity index is 1.74. The normalized spacial score (nSPS) is 12.1. The molecular weight excluding hydrogens is 234 g/mol. The Morgan fingerprint density at radius 2 is 1.84 bits per heavy atom. The van der Waals surface area contributed by atoms with Gasteiger partial charge in [0.1, 0.15) is 5.75 Å². The number of aryl methyl sites for hydroxylation is 1. The van der Waals surface area contributed by atoms with Crippen molar-refractivity contribution in [3.05, 3.63) is 65.7 Å². The summed E-state index contributed by atoms with van der Waals surface area (Å²) in [5.41, 5.74) is 8.72. The van der Waals surface area contributed by atoms with Gasteiger partial charge < -0.3 is 10.5 Å². The van der Waals surface area contributed by atoms with E-state index in [1.807, 2.05) is 30.3 Å². The quantitative estimate of drug-likeness (QED) is 0.859. The van der Waals surface area contributed by atoms with E-state index in [1.165, 1.54) is 11.1 Å². The van der Waals surface area contributed by atoms with Crippen LogP contribution in [0.2, 0.25) is 0 Å². The van der Waals surface area contributed by atoms with Crippen LogP contribution in [0.5, 0.6) is 5.75 Å². The molecule has 0 aliphatic carbocycles. The van der Waals surface area contributed by atoms with E-state index in [9.17, 15) is 0 Å². The summed E-state index contributed by atoms with van der Waals surface area (Å²) in [5.74, 6) is 0.908. The highest BCUT2D eigenvalue weighted by molar-refractivity contribution is 5.23. The fourth-order valence-corrected chi connectivity index (χ4v) is 2.09. The molecule has 0 radical (unpaired) electrons. The van der Waals surface area contributed by atoms with Crippen LogP contribution in [0.25, 0.3) is 0 Å². The van der Waals surface area contributed by atoms with Gasteiger partial charge in [-0.2, -0.15) is 0 Å². The van der Waals surface area contributed by atoms with Crippen LogP contribution < -0.4 is 10.5 Å². The molecule has 0 aromatic heterocycles. The van der Waals surface area contributed by atoms with E-state index in [1.54, 1.807) is 0 Å². The van der Waals surface area contributed by atoms with E-state index >= 15 is 0 Å². The SMILES string of the molecule is Cc1cccc(CC(N)CCOc2ccccc2)c1. The standard InChI is InChI=1S/C17H21NO/c1-14-6-5-7-15(12-14)13-16(18)10-11-19-17-8-3-2-4-9-17/h2-9,12,16H,10-11,13,18H2,1H3. The van der Waals surface area contributed by atoms with Crippen molar-refractivity contribution in [1.82, 2.24) is 0 Å². The van der Waals surface area contributed by atoms with Crippen LogP contribution in [0, 0.1) is 6.92 Å². The molecule has 0 saturated carbocycles. The monoisotopic (exact) mass is 255 g/mol. The number of rotatable bonds is 6. The Kier molecular flexibility index (Phi) is 4.99. The Bertz CT molecular complexity index is 496. The van der Waals surface area contributed by atoms with Crippen molar-refractivity contribution in [3.63, 3.8) is 0 Å². The molecule has 0 spiro atoms. The van der Waals surface area contributed by atoms with E-state index in [4.69, 9.17) is 10.5 Å². The van der Waals surface area contributed by atoms with E-state index in [0.29, 0.717) is 6.61 Å². The van der Waals surface area contributed by atoms with Crippen molar-refractivity contribution in [1.29, 1.82) is 0 Å². The van der Waals surface area contributed by atoms with E-state index in [-0.39, 0.29) is 6.04 Å². The maximum atomic E-state index is 6.14. The molecule has 19 heavy (non-hydrogen) atoms. The average Bonchev–Trinajstić information content (AvgIpc) is 2.40. The summed E-state index contributed by atoms with van der Waals surface area (Å²) in [7, 11) is 0. The van der Waals surface area contributed by atoms with Crippen molar-refractivity contribution in [2.24, 2.45) is 5.73 Å². The minimum absolute atomic E-state index is 0.144. The molecule has 2 aromatic carbocycles. The predicted octanol–water partition coefficient (Wildman–Crippen LogP) is 3.33. The van der Waals surface area contributed by atoms with Gasteiger partial charge in [-0.25, -0.2) is 0 Å². The van der Waals surface area contributed by atoms with Gasteiger partial charge in [-0.1, -0.05) is 48.0 Å². The Hall–Kier alpha value is -1.80. The molecule has 0 amide bonds. The first-order valence-corrected chi connectivity index (χ1v) is 6.73. The second kappa shape index (κ2) is 6.95. The summed E-state index contributed by atoms with van der Waals surface area (Å²) in [4.78, 5) is 0. The zero-order chi connectivity index (χ0) is 13.5. The van der Waals surface area contributed by atoms with Crippen molar-refractivity contribution in [3.8, 4) is 5.75 Å². The van der Waals surface area contributed by atoms with Crippen LogP contribution in [-0.4, -0.2) is 12.6 Å². The van der Waals surface area contributed by atoms with Crippen LogP contribution in [0.3, 0.4) is 0 Å². The molecule has 0 aliphatic rings. The number of para-hydroxylation sites is 1. The number of ether oxygens (including phenoxy) is 1. The van der Waals surface area contributed by atoms with Crippen LogP contribution >= 0.6 is 0 Å². The molecule has 1 unspecified atom stereocenters. The first-order chi connectivity index (χ1) is 9.24. The van der Waals surface area contributed by atoms with Gasteiger partial charge in [0.2, 0.25) is 0 Å². The summed E-state index contributed by atoms with van der Waals surface area (Å²) >= 11 is 0. The molecule has 2 aromatic rings. The lowest BCUT2D eigenvalue weighted by molar-refractivity contribution is 0.297. The molecular formula is C17H21NO. The largest absolute Gasteiger partial charge is 0.494 e. The molecule has 2 rings (SSSR count). The number of nitrogens with two attached hydrogens (primary N) is 1. The molecule has 100 valence electrons. The summed E-state index contributed by atoms with van der Waals surface area (Å²) in [5, 5.41) is 0. The van der Waals surface area contributed by atoms with Gasteiger partial charge >= 0.3 is 0 Å². The molecule has 2 N–H and O–H groups in total. The maximum Gasteiger partial charge on any atom is 0.119 e. The van der Waals surface area contributed by atoms with Crippen LogP contribution in [0.1, 0.15) is 17.5 Å². The fraction of sp³-hybridized carbons (Fsp3) is 0.294. The fourth-order valence-electron chi connectivity index (χ4n) is 2.09. The van der Waals surface area contributed by atoms with E-state index < -0.39 is 0 Å². The maximum absolute atomic E-state index is 6.14. The summed E-state index contributed by atoms with van der Waals surface area (Å²) in [6.07, 6.45) is 1.77. The minimum atomic E-state index is 0.144.